The van der Waals surface area contributed by atoms with E-state index in [0.717, 1.165) is 11.3 Å². The van der Waals surface area contributed by atoms with E-state index in [1.54, 1.807) is 6.08 Å². The minimum atomic E-state index is 0. The minimum Gasteiger partial charge on any atom is -1.00 e. The van der Waals surface area contributed by atoms with Crippen molar-refractivity contribution >= 4 is 17.7 Å². The van der Waals surface area contributed by atoms with Gasteiger partial charge in [-0.2, -0.15) is 0 Å². The van der Waals surface area contributed by atoms with Crippen LogP contribution >= 0.6 is 0 Å². The van der Waals surface area contributed by atoms with Crippen LogP contribution in [0.5, 0.6) is 0 Å². The number of carbonyl (C=O) groups is 1. The van der Waals surface area contributed by atoms with Gasteiger partial charge in [0.2, 0.25) is 0 Å². The standard InChI is InChI=1S/C13H18N2O.ClH/c1-5-11-6-8-12(9-7-11)14-13(16)10-15(2,3)4;/h5-9H,1,10H2,2-4H3;1H. The zero-order valence-electron chi connectivity index (χ0n) is 10.5. The first-order chi connectivity index (χ1) is 7.40. The highest BCUT2D eigenvalue weighted by Crippen LogP contribution is 2.10. The van der Waals surface area contributed by atoms with E-state index in [1.165, 1.54) is 0 Å². The van der Waals surface area contributed by atoms with Crippen LogP contribution in [0.15, 0.2) is 30.8 Å². The van der Waals surface area contributed by atoms with Gasteiger partial charge in [0.25, 0.3) is 5.91 Å². The second-order valence-corrected chi connectivity index (χ2v) is 4.82. The summed E-state index contributed by atoms with van der Waals surface area (Å²) in [5.74, 6) is 0.0267. The molecule has 17 heavy (non-hydrogen) atoms. The average Bonchev–Trinajstić information content (AvgIpc) is 2.16. The Bertz CT molecular complexity index is 379. The van der Waals surface area contributed by atoms with Crippen LogP contribution in [0.4, 0.5) is 5.69 Å². The van der Waals surface area contributed by atoms with Crippen molar-refractivity contribution in [3.63, 3.8) is 0 Å². The van der Waals surface area contributed by atoms with Crippen LogP contribution in [0.3, 0.4) is 0 Å². The summed E-state index contributed by atoms with van der Waals surface area (Å²) >= 11 is 0. The van der Waals surface area contributed by atoms with Gasteiger partial charge in [-0.3, -0.25) is 4.79 Å². The lowest BCUT2D eigenvalue weighted by molar-refractivity contribution is -0.861. The smallest absolute Gasteiger partial charge is 0.279 e. The first kappa shape index (κ1) is 15.7. The van der Waals surface area contributed by atoms with Crippen molar-refractivity contribution in [2.24, 2.45) is 0 Å². The third-order valence-corrected chi connectivity index (χ3v) is 2.05. The van der Waals surface area contributed by atoms with E-state index >= 15 is 0 Å². The second-order valence-electron chi connectivity index (χ2n) is 4.82. The molecule has 94 valence electrons. The van der Waals surface area contributed by atoms with Gasteiger partial charge >= 0.3 is 0 Å². The number of carbonyl (C=O) groups excluding carboxylic acids is 1. The fourth-order valence-corrected chi connectivity index (χ4v) is 1.33. The molecule has 3 nitrogen and oxygen atoms in total. The zero-order valence-corrected chi connectivity index (χ0v) is 11.3. The van der Waals surface area contributed by atoms with E-state index in [-0.39, 0.29) is 18.3 Å². The Balaban J connectivity index is 0.00000256. The molecule has 0 aliphatic rings. The van der Waals surface area contributed by atoms with Gasteiger partial charge in [0.05, 0.1) is 21.1 Å². The lowest BCUT2D eigenvalue weighted by Crippen LogP contribution is -3.00. The molecule has 0 bridgehead atoms. The van der Waals surface area contributed by atoms with Gasteiger partial charge < -0.3 is 22.2 Å². The number of rotatable bonds is 4. The number of benzene rings is 1. The van der Waals surface area contributed by atoms with Gasteiger partial charge in [0.15, 0.2) is 6.54 Å². The summed E-state index contributed by atoms with van der Waals surface area (Å²) in [5, 5.41) is 2.86. The van der Waals surface area contributed by atoms with E-state index in [2.05, 4.69) is 11.9 Å². The minimum absolute atomic E-state index is 0. The Hall–Kier alpha value is -1.32. The second kappa shape index (κ2) is 6.42. The van der Waals surface area contributed by atoms with Crippen molar-refractivity contribution in [2.75, 3.05) is 33.0 Å². The third kappa shape index (κ3) is 6.09. The van der Waals surface area contributed by atoms with Crippen LogP contribution in [-0.2, 0) is 4.79 Å². The van der Waals surface area contributed by atoms with Crippen LogP contribution in [0.1, 0.15) is 5.56 Å². The largest absolute Gasteiger partial charge is 1.00 e. The SMILES string of the molecule is C=Cc1ccc(NC(=O)C[N+](C)(C)C)cc1.[Cl-]. The number of halogens is 1. The van der Waals surface area contributed by atoms with Gasteiger partial charge in [-0.1, -0.05) is 24.8 Å². The molecule has 0 spiro atoms. The Labute approximate surface area is 109 Å². The van der Waals surface area contributed by atoms with Gasteiger partial charge in [-0.25, -0.2) is 0 Å². The van der Waals surface area contributed by atoms with Crippen molar-refractivity contribution in [2.45, 2.75) is 0 Å². The van der Waals surface area contributed by atoms with E-state index in [0.29, 0.717) is 11.0 Å². The molecule has 0 saturated heterocycles. The van der Waals surface area contributed by atoms with Gasteiger partial charge in [-0.05, 0) is 17.7 Å². The van der Waals surface area contributed by atoms with Crippen LogP contribution in [-0.4, -0.2) is 38.1 Å². The maximum Gasteiger partial charge on any atom is 0.279 e. The highest BCUT2D eigenvalue weighted by molar-refractivity contribution is 5.91. The summed E-state index contributed by atoms with van der Waals surface area (Å²) in [7, 11) is 5.96. The molecule has 0 aromatic heterocycles. The van der Waals surface area contributed by atoms with Gasteiger partial charge in [0, 0.05) is 5.69 Å². The number of quaternary nitrogens is 1. The molecule has 0 fully saturated rings. The number of hydrogen-bond acceptors (Lipinski definition) is 1. The van der Waals surface area contributed by atoms with Crippen molar-refractivity contribution in [1.82, 2.24) is 0 Å². The summed E-state index contributed by atoms with van der Waals surface area (Å²) in [6.07, 6.45) is 1.78. The topological polar surface area (TPSA) is 29.1 Å². The monoisotopic (exact) mass is 254 g/mol. The van der Waals surface area contributed by atoms with E-state index in [4.69, 9.17) is 0 Å². The van der Waals surface area contributed by atoms with Gasteiger partial charge in [-0.15, -0.1) is 0 Å². The summed E-state index contributed by atoms with van der Waals surface area (Å²) in [6, 6.07) is 7.61. The molecular weight excluding hydrogens is 236 g/mol. The Kier molecular flexibility index (Phi) is 5.93. The van der Waals surface area contributed by atoms with Crippen molar-refractivity contribution < 1.29 is 21.7 Å². The Morgan fingerprint density at radius 2 is 1.82 bits per heavy atom. The highest BCUT2D eigenvalue weighted by atomic mass is 35.5. The summed E-state index contributed by atoms with van der Waals surface area (Å²) < 4.78 is 0.622. The highest BCUT2D eigenvalue weighted by Gasteiger charge is 2.13. The fraction of sp³-hybridized carbons (Fsp3) is 0.308. The molecule has 0 atom stereocenters. The maximum atomic E-state index is 11.6. The normalized spacial score (nSPS) is 10.3. The quantitative estimate of drug-likeness (QED) is 0.685. The molecule has 1 rings (SSSR count). The number of likely N-dealkylation sites (N-methyl/N-ethyl adjacent to an activating group) is 1. The number of hydrogen-bond donors (Lipinski definition) is 1. The lowest BCUT2D eigenvalue weighted by atomic mass is 10.2. The molecule has 1 aromatic carbocycles. The maximum absolute atomic E-state index is 11.6. The predicted molar refractivity (Wildman–Crippen MR) is 68.1 cm³/mol. The third-order valence-electron chi connectivity index (χ3n) is 2.05. The van der Waals surface area contributed by atoms with Gasteiger partial charge in [0.1, 0.15) is 0 Å². The number of nitrogens with one attached hydrogen (secondary N) is 1. The molecule has 4 heteroatoms. The molecule has 0 unspecified atom stereocenters. The van der Waals surface area contributed by atoms with Crippen molar-refractivity contribution in [1.29, 1.82) is 0 Å². The predicted octanol–water partition coefficient (Wildman–Crippen LogP) is -1.02. The van der Waals surface area contributed by atoms with E-state index in [1.807, 2.05) is 45.4 Å². The van der Waals surface area contributed by atoms with Crippen LogP contribution in [0, 0.1) is 0 Å². The summed E-state index contributed by atoms with van der Waals surface area (Å²) in [6.45, 7) is 4.14. The molecule has 1 amide bonds. The zero-order chi connectivity index (χ0) is 12.2. The summed E-state index contributed by atoms with van der Waals surface area (Å²) in [4.78, 5) is 11.6. The molecule has 0 aliphatic carbocycles. The van der Waals surface area contributed by atoms with Crippen molar-refractivity contribution in [3.8, 4) is 0 Å². The number of amides is 1. The van der Waals surface area contributed by atoms with Crippen LogP contribution in [0.25, 0.3) is 6.08 Å². The molecule has 0 aliphatic heterocycles. The summed E-state index contributed by atoms with van der Waals surface area (Å²) in [5.41, 5.74) is 1.87. The molecule has 0 saturated carbocycles. The van der Waals surface area contributed by atoms with E-state index < -0.39 is 0 Å². The Morgan fingerprint density at radius 1 is 1.29 bits per heavy atom. The number of anilines is 1. The van der Waals surface area contributed by atoms with Crippen LogP contribution < -0.4 is 17.7 Å². The number of nitrogens with zero attached hydrogens (tertiary/aromatic N) is 1. The molecule has 0 radical (unpaired) electrons. The molecular formula is C13H19ClN2O. The molecule has 1 aromatic rings. The first-order valence-corrected chi connectivity index (χ1v) is 5.23. The average molecular weight is 255 g/mol. The fourth-order valence-electron chi connectivity index (χ4n) is 1.33. The van der Waals surface area contributed by atoms with Crippen molar-refractivity contribution in [3.05, 3.63) is 36.4 Å². The first-order valence-electron chi connectivity index (χ1n) is 5.23. The molecule has 1 N–H and O–H groups in total. The Morgan fingerprint density at radius 3 is 2.24 bits per heavy atom. The lowest BCUT2D eigenvalue weighted by Gasteiger charge is -2.22. The van der Waals surface area contributed by atoms with E-state index in [9.17, 15) is 4.79 Å². The molecule has 0 heterocycles. The van der Waals surface area contributed by atoms with Crippen LogP contribution in [0.2, 0.25) is 0 Å².